The molecule has 0 unspecified atom stereocenters. The maximum Gasteiger partial charge on any atom is 0.222 e. The van der Waals surface area contributed by atoms with E-state index in [9.17, 15) is 4.79 Å². The molecular formula is C6H15NO2. The molecule has 0 spiro atoms. The average molecular weight is 133 g/mol. The van der Waals surface area contributed by atoms with E-state index in [1.54, 1.807) is 20.8 Å². The molecule has 3 N–H and O–H groups in total. The molecule has 9 heavy (non-hydrogen) atoms. The summed E-state index contributed by atoms with van der Waals surface area (Å²) >= 11 is 0. The van der Waals surface area contributed by atoms with Gasteiger partial charge in [-0.2, -0.15) is 0 Å². The minimum atomic E-state index is -0.361. The maximum absolute atomic E-state index is 10.2. The second-order valence-electron chi connectivity index (χ2n) is 2.61. The first-order chi connectivity index (χ1) is 3.94. The second kappa shape index (κ2) is 4.32. The lowest BCUT2D eigenvalue weighted by molar-refractivity contribution is -0.125. The monoisotopic (exact) mass is 133 g/mol. The van der Waals surface area contributed by atoms with Crippen molar-refractivity contribution in [2.24, 2.45) is 11.1 Å². The van der Waals surface area contributed by atoms with Crippen LogP contribution >= 0.6 is 0 Å². The zero-order chi connectivity index (χ0) is 8.08. The van der Waals surface area contributed by atoms with Crippen LogP contribution in [0.4, 0.5) is 0 Å². The Morgan fingerprint density at radius 1 is 1.33 bits per heavy atom. The third-order valence-electron chi connectivity index (χ3n) is 0.739. The molecule has 56 valence electrons. The Morgan fingerprint density at radius 3 is 1.44 bits per heavy atom. The molecule has 0 aromatic heterocycles. The number of amides is 1. The van der Waals surface area contributed by atoms with E-state index in [0.717, 1.165) is 7.11 Å². The number of rotatable bonds is 0. The van der Waals surface area contributed by atoms with E-state index in [1.807, 2.05) is 0 Å². The van der Waals surface area contributed by atoms with E-state index in [4.69, 9.17) is 10.8 Å². The summed E-state index contributed by atoms with van der Waals surface area (Å²) in [7, 11) is 1.00. The predicted octanol–water partition coefficient (Wildman–Crippen LogP) is 0.126. The number of hydrogen-bond acceptors (Lipinski definition) is 2. The maximum atomic E-state index is 10.2. The summed E-state index contributed by atoms with van der Waals surface area (Å²) in [5, 5.41) is 7.00. The van der Waals surface area contributed by atoms with Crippen LogP contribution in [0.1, 0.15) is 20.8 Å². The zero-order valence-corrected chi connectivity index (χ0v) is 6.43. The van der Waals surface area contributed by atoms with E-state index in [1.165, 1.54) is 0 Å². The Labute approximate surface area is 55.9 Å². The van der Waals surface area contributed by atoms with Crippen molar-refractivity contribution in [3.8, 4) is 0 Å². The van der Waals surface area contributed by atoms with E-state index in [-0.39, 0.29) is 11.3 Å². The highest BCUT2D eigenvalue weighted by Crippen LogP contribution is 2.09. The van der Waals surface area contributed by atoms with Crippen LogP contribution in [-0.4, -0.2) is 18.1 Å². The van der Waals surface area contributed by atoms with Crippen LogP contribution in [0.2, 0.25) is 0 Å². The van der Waals surface area contributed by atoms with Gasteiger partial charge >= 0.3 is 0 Å². The van der Waals surface area contributed by atoms with Crippen molar-refractivity contribution in [1.82, 2.24) is 0 Å². The Bertz CT molecular complexity index is 83.5. The molecule has 0 rings (SSSR count). The molecule has 0 aliphatic rings. The number of nitrogens with two attached hydrogens (primary N) is 1. The van der Waals surface area contributed by atoms with Crippen molar-refractivity contribution in [3.63, 3.8) is 0 Å². The third kappa shape index (κ3) is 7.43. The molecule has 3 heteroatoms. The summed E-state index contributed by atoms with van der Waals surface area (Å²) in [6.45, 7) is 5.36. The van der Waals surface area contributed by atoms with Crippen LogP contribution in [-0.2, 0) is 4.79 Å². The molecule has 0 fully saturated rings. The molecule has 0 radical (unpaired) electrons. The van der Waals surface area contributed by atoms with Gasteiger partial charge in [-0.3, -0.25) is 4.79 Å². The van der Waals surface area contributed by atoms with Gasteiger partial charge in [-0.1, -0.05) is 20.8 Å². The first kappa shape index (κ1) is 11.3. The number of aliphatic hydroxyl groups is 1. The van der Waals surface area contributed by atoms with E-state index >= 15 is 0 Å². The molecule has 0 aliphatic heterocycles. The number of carbonyl (C=O) groups excluding carboxylic acids is 1. The topological polar surface area (TPSA) is 63.3 Å². The summed E-state index contributed by atoms with van der Waals surface area (Å²) in [4.78, 5) is 10.2. The molecule has 0 aliphatic carbocycles. The van der Waals surface area contributed by atoms with E-state index in [0.29, 0.717) is 0 Å². The first-order valence-corrected chi connectivity index (χ1v) is 2.69. The summed E-state index contributed by atoms with van der Waals surface area (Å²) in [5.74, 6) is -0.257. The standard InChI is InChI=1S/C5H11NO.CH4O/c1-5(2,3)4(6)7;1-2/h1-3H3,(H2,6,7);2H,1H3. The SMILES string of the molecule is CC(C)(C)C(N)=O.CO. The van der Waals surface area contributed by atoms with Gasteiger partial charge in [0.1, 0.15) is 0 Å². The molecule has 3 nitrogen and oxygen atoms in total. The van der Waals surface area contributed by atoms with Crippen LogP contribution < -0.4 is 5.73 Å². The Morgan fingerprint density at radius 2 is 1.44 bits per heavy atom. The molecule has 0 atom stereocenters. The van der Waals surface area contributed by atoms with Gasteiger partial charge in [0.15, 0.2) is 0 Å². The lowest BCUT2D eigenvalue weighted by Crippen LogP contribution is -2.27. The summed E-state index contributed by atoms with van der Waals surface area (Å²) in [5.41, 5.74) is 4.57. The van der Waals surface area contributed by atoms with Gasteiger partial charge in [0.25, 0.3) is 0 Å². The smallest absolute Gasteiger partial charge is 0.222 e. The fourth-order valence-corrected chi connectivity index (χ4v) is 0. The van der Waals surface area contributed by atoms with Crippen LogP contribution in [0.3, 0.4) is 0 Å². The van der Waals surface area contributed by atoms with E-state index in [2.05, 4.69) is 0 Å². The minimum Gasteiger partial charge on any atom is -0.400 e. The normalized spacial score (nSPS) is 9.44. The zero-order valence-electron chi connectivity index (χ0n) is 6.43. The van der Waals surface area contributed by atoms with Gasteiger partial charge in [-0.05, 0) is 0 Å². The highest BCUT2D eigenvalue weighted by atomic mass is 16.2. The summed E-state index contributed by atoms with van der Waals surface area (Å²) < 4.78 is 0. The third-order valence-corrected chi connectivity index (χ3v) is 0.739. The molecule has 0 saturated carbocycles. The van der Waals surface area contributed by atoms with Crippen LogP contribution in [0, 0.1) is 5.41 Å². The number of hydrogen-bond donors (Lipinski definition) is 2. The first-order valence-electron chi connectivity index (χ1n) is 2.69. The predicted molar refractivity (Wildman–Crippen MR) is 36.8 cm³/mol. The van der Waals surface area contributed by atoms with Gasteiger partial charge in [-0.25, -0.2) is 0 Å². The molecule has 0 saturated heterocycles. The van der Waals surface area contributed by atoms with Gasteiger partial charge < -0.3 is 10.8 Å². The highest BCUT2D eigenvalue weighted by molar-refractivity contribution is 5.79. The van der Waals surface area contributed by atoms with Gasteiger partial charge in [0.2, 0.25) is 5.91 Å². The highest BCUT2D eigenvalue weighted by Gasteiger charge is 2.16. The Kier molecular flexibility index (Phi) is 5.41. The molecule has 1 amide bonds. The fourth-order valence-electron chi connectivity index (χ4n) is 0. The van der Waals surface area contributed by atoms with Crippen molar-refractivity contribution in [3.05, 3.63) is 0 Å². The lowest BCUT2D eigenvalue weighted by Gasteiger charge is -2.10. The molecule has 0 heterocycles. The van der Waals surface area contributed by atoms with Gasteiger partial charge in [-0.15, -0.1) is 0 Å². The summed E-state index contributed by atoms with van der Waals surface area (Å²) in [6.07, 6.45) is 0. The van der Waals surface area contributed by atoms with Crippen molar-refractivity contribution in [1.29, 1.82) is 0 Å². The number of carbonyl (C=O) groups is 1. The van der Waals surface area contributed by atoms with Crippen molar-refractivity contribution < 1.29 is 9.90 Å². The summed E-state index contributed by atoms with van der Waals surface area (Å²) in [6, 6.07) is 0. The molecule has 0 aromatic rings. The number of aliphatic hydroxyl groups excluding tert-OH is 1. The van der Waals surface area contributed by atoms with Crippen LogP contribution in [0.15, 0.2) is 0 Å². The second-order valence-corrected chi connectivity index (χ2v) is 2.61. The average Bonchev–Trinajstić information content (AvgIpc) is 1.69. The van der Waals surface area contributed by atoms with Crippen LogP contribution in [0.25, 0.3) is 0 Å². The largest absolute Gasteiger partial charge is 0.400 e. The fraction of sp³-hybridized carbons (Fsp3) is 0.833. The van der Waals surface area contributed by atoms with Crippen molar-refractivity contribution in [2.75, 3.05) is 7.11 Å². The molecule has 0 aromatic carbocycles. The Balaban J connectivity index is 0. The minimum absolute atomic E-state index is 0.257. The molecule has 0 bridgehead atoms. The molecular weight excluding hydrogens is 118 g/mol. The Hall–Kier alpha value is -0.570. The van der Waals surface area contributed by atoms with Crippen molar-refractivity contribution in [2.45, 2.75) is 20.8 Å². The van der Waals surface area contributed by atoms with E-state index < -0.39 is 0 Å². The quantitative estimate of drug-likeness (QED) is 0.493. The van der Waals surface area contributed by atoms with Gasteiger partial charge in [0, 0.05) is 12.5 Å². The number of primary amides is 1. The van der Waals surface area contributed by atoms with Crippen LogP contribution in [0.5, 0.6) is 0 Å². The lowest BCUT2D eigenvalue weighted by atomic mass is 9.96. The van der Waals surface area contributed by atoms with Gasteiger partial charge in [0.05, 0.1) is 0 Å². The van der Waals surface area contributed by atoms with Crippen molar-refractivity contribution >= 4 is 5.91 Å².